The third-order valence-corrected chi connectivity index (χ3v) is 4.69. The summed E-state index contributed by atoms with van der Waals surface area (Å²) < 4.78 is 109. The molecule has 0 fully saturated rings. The molecule has 2 aromatic carbocycles. The maximum absolute atomic E-state index is 15.2. The molecule has 40 heavy (non-hydrogen) atoms. The quantitative estimate of drug-likeness (QED) is 0.318. The Balaban J connectivity index is 2.11. The number of ether oxygens (including phenoxy) is 3. The zero-order valence-electron chi connectivity index (χ0n) is 20.8. The minimum atomic E-state index is -5.20. The van der Waals surface area contributed by atoms with E-state index in [1.165, 1.54) is 0 Å². The van der Waals surface area contributed by atoms with E-state index < -0.39 is 58.1 Å². The third-order valence-electron chi connectivity index (χ3n) is 4.69. The summed E-state index contributed by atoms with van der Waals surface area (Å²) >= 11 is 0. The molecule has 0 bridgehead atoms. The molecule has 8 nitrogen and oxygen atoms in total. The summed E-state index contributed by atoms with van der Waals surface area (Å²) in [6.07, 6.45) is -9.19. The number of anilines is 1. The van der Waals surface area contributed by atoms with Gasteiger partial charge in [0.15, 0.2) is 17.3 Å². The fraction of sp³-hybridized carbons (Fsp3) is 0.136. The van der Waals surface area contributed by atoms with E-state index in [2.05, 4.69) is 15.0 Å². The fourth-order valence-electron chi connectivity index (χ4n) is 3.21. The lowest BCUT2D eigenvalue weighted by Crippen LogP contribution is -2.37. The average Bonchev–Trinajstić information content (AvgIpc) is 2.78. The number of rotatable bonds is 8. The molecule has 3 aromatic rings. The molecule has 0 saturated heterocycles. The van der Waals surface area contributed by atoms with Gasteiger partial charge in [-0.05, 0) is 36.4 Å². The number of amides is 2. The van der Waals surface area contributed by atoms with Crippen LogP contribution in [0.3, 0.4) is 0 Å². The van der Waals surface area contributed by atoms with Gasteiger partial charge in [0.25, 0.3) is 11.8 Å². The number of halogens is 7. The van der Waals surface area contributed by atoms with Gasteiger partial charge in [0.1, 0.15) is 46.3 Å². The molecule has 2 amide bonds. The molecule has 0 aliphatic heterocycles. The molecule has 3 N–H and O–H groups in total. The second-order valence-corrected chi connectivity index (χ2v) is 9.02. The summed E-state index contributed by atoms with van der Waals surface area (Å²) in [5, 5.41) is 1.12. The fourth-order valence-corrected chi connectivity index (χ4v) is 3.21. The summed E-state index contributed by atoms with van der Waals surface area (Å²) in [5.41, 5.74) is 1.66. The van der Waals surface area contributed by atoms with E-state index in [1.54, 1.807) is 23.5 Å². The highest BCUT2D eigenvalue weighted by Gasteiger charge is 2.38. The molecule has 0 radical (unpaired) electrons. The number of alkyl halides is 6. The molecular formula is C22H17B3F7N3O5. The van der Waals surface area contributed by atoms with Gasteiger partial charge >= 0.3 is 12.5 Å². The van der Waals surface area contributed by atoms with Crippen LogP contribution in [0.5, 0.6) is 23.0 Å². The molecule has 208 valence electrons. The minimum absolute atomic E-state index is 0.165. The molecule has 3 rings (SSSR count). The molecular weight excluding hydrogens is 552 g/mol. The number of pyridine rings is 1. The second-order valence-electron chi connectivity index (χ2n) is 9.02. The molecule has 0 aliphatic rings. The number of aromatic nitrogens is 1. The number of primary amides is 1. The molecule has 18 heteroatoms. The monoisotopic (exact) mass is 569 g/mol. The van der Waals surface area contributed by atoms with E-state index in [0.717, 1.165) is 36.5 Å². The lowest BCUT2D eigenvalue weighted by atomic mass is 9.52. The van der Waals surface area contributed by atoms with Crippen LogP contribution >= 0.6 is 0 Å². The van der Waals surface area contributed by atoms with Crippen molar-refractivity contribution < 1.29 is 54.5 Å². The van der Waals surface area contributed by atoms with Crippen molar-refractivity contribution in [2.45, 2.75) is 17.8 Å². The highest BCUT2D eigenvalue weighted by atomic mass is 19.4. The number of carbonyl (C=O) groups is 2. The first kappa shape index (κ1) is 30.2. The number of hydrogen-bond acceptors (Lipinski definition) is 6. The van der Waals surface area contributed by atoms with Crippen LogP contribution in [0.15, 0.2) is 48.7 Å². The van der Waals surface area contributed by atoms with Crippen molar-refractivity contribution in [3.8, 4) is 23.0 Å². The van der Waals surface area contributed by atoms with Gasteiger partial charge in [0, 0.05) is 23.2 Å². The lowest BCUT2D eigenvalue weighted by molar-refractivity contribution is -0.274. The van der Waals surface area contributed by atoms with E-state index in [9.17, 15) is 35.9 Å². The van der Waals surface area contributed by atoms with Crippen LogP contribution in [-0.4, -0.2) is 52.0 Å². The van der Waals surface area contributed by atoms with Crippen LogP contribution in [-0.2, 0) is 6.18 Å². The predicted octanol–water partition coefficient (Wildman–Crippen LogP) is 2.17. The van der Waals surface area contributed by atoms with Gasteiger partial charge in [-0.1, -0.05) is 0 Å². The average molecular weight is 569 g/mol. The molecule has 0 unspecified atom stereocenters. The van der Waals surface area contributed by atoms with E-state index in [1.807, 2.05) is 0 Å². The minimum Gasteiger partial charge on any atom is -0.510 e. The number of benzene rings is 2. The van der Waals surface area contributed by atoms with Gasteiger partial charge in [0.2, 0.25) is 0 Å². The van der Waals surface area contributed by atoms with Crippen LogP contribution in [0.4, 0.5) is 36.4 Å². The van der Waals surface area contributed by atoms with Gasteiger partial charge < -0.3 is 25.3 Å². The number of carbonyl (C=O) groups excluding carboxylic acids is 2. The zero-order valence-corrected chi connectivity index (χ0v) is 20.8. The van der Waals surface area contributed by atoms with Crippen molar-refractivity contribution in [3.05, 3.63) is 71.3 Å². The Morgan fingerprint density at radius 2 is 1.52 bits per heavy atom. The Kier molecular flexibility index (Phi) is 8.31. The first-order chi connectivity index (χ1) is 18.3. The molecule has 0 spiro atoms. The Bertz CT molecular complexity index is 1450. The van der Waals surface area contributed by atoms with E-state index in [-0.39, 0.29) is 22.9 Å². The van der Waals surface area contributed by atoms with Crippen molar-refractivity contribution in [3.63, 3.8) is 0 Å². The first-order valence-electron chi connectivity index (χ1n) is 11.1. The zero-order chi connectivity index (χ0) is 30.0. The van der Waals surface area contributed by atoms with Gasteiger partial charge in [0.05, 0.1) is 5.56 Å². The standard InChI is InChI=1S/C22H17B3F7N3O5/c23-21(24,25)40-15-8-10(39-22(30,31)32)1-3-13(15)38-14-4-2-11(20(27,28)29)17(26)16(14)19(37)35-9-5-6-34-12(7-9)18(33)36/h1-8H,23-25H2,(H2,33,36)(H,34,35,37). The third kappa shape index (κ3) is 7.83. The summed E-state index contributed by atoms with van der Waals surface area (Å²) in [7, 11) is 4.62. The summed E-state index contributed by atoms with van der Waals surface area (Å²) in [6.45, 7) is 0. The molecule has 0 saturated carbocycles. The number of nitrogens with two attached hydrogens (primary N) is 1. The van der Waals surface area contributed by atoms with Gasteiger partial charge in [-0.25, -0.2) is 4.39 Å². The number of nitrogens with one attached hydrogen (secondary N) is 1. The van der Waals surface area contributed by atoms with E-state index >= 15 is 4.39 Å². The summed E-state index contributed by atoms with van der Waals surface area (Å²) in [4.78, 5) is 28.0. The van der Waals surface area contributed by atoms with Crippen LogP contribution in [0.2, 0.25) is 0 Å². The maximum Gasteiger partial charge on any atom is 0.573 e. The number of nitrogens with zero attached hydrogens (tertiary/aromatic N) is 1. The van der Waals surface area contributed by atoms with E-state index in [0.29, 0.717) is 12.1 Å². The van der Waals surface area contributed by atoms with Crippen molar-refractivity contribution >= 4 is 41.0 Å². The van der Waals surface area contributed by atoms with Crippen LogP contribution in [0.1, 0.15) is 26.4 Å². The van der Waals surface area contributed by atoms with Crippen molar-refractivity contribution in [2.75, 3.05) is 5.32 Å². The van der Waals surface area contributed by atoms with Crippen LogP contribution in [0.25, 0.3) is 0 Å². The van der Waals surface area contributed by atoms with Gasteiger partial charge in [-0.15, -0.1) is 13.2 Å². The topological polar surface area (TPSA) is 113 Å². The lowest BCUT2D eigenvalue weighted by Gasteiger charge is -2.25. The van der Waals surface area contributed by atoms with Gasteiger partial charge in [-0.3, -0.25) is 14.6 Å². The van der Waals surface area contributed by atoms with Crippen LogP contribution < -0.4 is 25.3 Å². The first-order valence-corrected chi connectivity index (χ1v) is 11.1. The van der Waals surface area contributed by atoms with Crippen molar-refractivity contribution in [1.29, 1.82) is 0 Å². The largest absolute Gasteiger partial charge is 0.573 e. The molecule has 1 aromatic heterocycles. The summed E-state index contributed by atoms with van der Waals surface area (Å²) in [5.74, 6) is -6.58. The normalized spacial score (nSPS) is 12.0. The Hall–Kier alpha value is -4.37. The maximum atomic E-state index is 15.2. The summed E-state index contributed by atoms with van der Waals surface area (Å²) in [6, 6.07) is 5.69. The smallest absolute Gasteiger partial charge is 0.510 e. The number of hydrogen-bond donors (Lipinski definition) is 2. The molecule has 1 heterocycles. The highest BCUT2D eigenvalue weighted by molar-refractivity contribution is 6.58. The van der Waals surface area contributed by atoms with Crippen molar-refractivity contribution in [1.82, 2.24) is 4.98 Å². The molecule has 0 atom stereocenters. The van der Waals surface area contributed by atoms with Crippen molar-refractivity contribution in [2.24, 2.45) is 5.73 Å². The van der Waals surface area contributed by atoms with Gasteiger partial charge in [-0.2, -0.15) is 13.2 Å². The van der Waals surface area contributed by atoms with E-state index in [4.69, 9.17) is 15.2 Å². The Labute approximate surface area is 224 Å². The second kappa shape index (κ2) is 11.0. The highest BCUT2D eigenvalue weighted by Crippen LogP contribution is 2.41. The van der Waals surface area contributed by atoms with Crippen LogP contribution in [0, 0.1) is 5.82 Å². The SMILES string of the molecule is BC(B)(B)Oc1cc(OC(F)(F)F)ccc1Oc1ccc(C(F)(F)F)c(F)c1C(=O)Nc1ccnc(C(N)=O)c1. The Morgan fingerprint density at radius 1 is 0.875 bits per heavy atom. The Morgan fingerprint density at radius 3 is 2.10 bits per heavy atom. The molecule has 0 aliphatic carbocycles. The predicted molar refractivity (Wildman–Crippen MR) is 134 cm³/mol.